The summed E-state index contributed by atoms with van der Waals surface area (Å²) in [6.45, 7) is 7.94. The molecule has 3 aromatic rings. The number of aliphatic hydroxyl groups excluding tert-OH is 1. The average molecular weight is 357 g/mol. The second kappa shape index (κ2) is 7.91. The lowest BCUT2D eigenvalue weighted by Gasteiger charge is -2.10. The quantitative estimate of drug-likeness (QED) is 0.631. The molecule has 2 heterocycles. The first-order valence-electron chi connectivity index (χ1n) is 8.36. The summed E-state index contributed by atoms with van der Waals surface area (Å²) in [6, 6.07) is 6.55. The molecule has 2 aromatic heterocycles. The van der Waals surface area contributed by atoms with Crippen LogP contribution in [0.2, 0.25) is 0 Å². The van der Waals surface area contributed by atoms with Crippen molar-refractivity contribution in [3.05, 3.63) is 40.5 Å². The summed E-state index contributed by atoms with van der Waals surface area (Å²) >= 11 is 1.69. The second-order valence-corrected chi connectivity index (χ2v) is 7.20. The van der Waals surface area contributed by atoms with Gasteiger partial charge in [-0.2, -0.15) is 0 Å². The number of benzene rings is 1. The van der Waals surface area contributed by atoms with Crippen LogP contribution in [0.1, 0.15) is 16.0 Å². The third kappa shape index (κ3) is 3.81. The van der Waals surface area contributed by atoms with Gasteiger partial charge >= 0.3 is 0 Å². The number of rotatable bonds is 7. The number of aryl methyl sites for hydroxylation is 3. The van der Waals surface area contributed by atoms with Gasteiger partial charge in [-0.25, -0.2) is 9.97 Å². The average Bonchev–Trinajstić information content (AvgIpc) is 2.94. The van der Waals surface area contributed by atoms with Gasteiger partial charge in [-0.05, 0) is 37.5 Å². The van der Waals surface area contributed by atoms with E-state index < -0.39 is 0 Å². The predicted octanol–water partition coefficient (Wildman–Crippen LogP) is 3.70. The lowest BCUT2D eigenvalue weighted by molar-refractivity contribution is 0.0992. The Morgan fingerprint density at radius 3 is 2.72 bits per heavy atom. The van der Waals surface area contributed by atoms with Crippen molar-refractivity contribution in [3.63, 3.8) is 0 Å². The van der Waals surface area contributed by atoms with Crippen molar-refractivity contribution in [1.82, 2.24) is 9.97 Å². The van der Waals surface area contributed by atoms with Crippen LogP contribution in [-0.2, 0) is 4.74 Å². The number of aromatic nitrogens is 2. The highest BCUT2D eigenvalue weighted by atomic mass is 32.1. The highest BCUT2D eigenvalue weighted by Crippen LogP contribution is 2.40. The molecule has 6 heteroatoms. The monoisotopic (exact) mass is 357 g/mol. The van der Waals surface area contributed by atoms with Crippen LogP contribution in [0.25, 0.3) is 21.3 Å². The molecule has 1 aromatic carbocycles. The highest BCUT2D eigenvalue weighted by Gasteiger charge is 2.17. The number of nitrogens with one attached hydrogen (secondary N) is 1. The Kier molecular flexibility index (Phi) is 5.63. The maximum absolute atomic E-state index is 8.77. The van der Waals surface area contributed by atoms with E-state index in [4.69, 9.17) is 9.84 Å². The largest absolute Gasteiger partial charge is 0.394 e. The lowest BCUT2D eigenvalue weighted by atomic mass is 9.99. The van der Waals surface area contributed by atoms with Crippen LogP contribution >= 0.6 is 11.3 Å². The standard InChI is InChI=1S/C19H23N3O2S/c1-12-4-5-15(10-13(12)2)16-14(3)25-19-17(16)18(21-11-22-19)20-6-8-24-9-7-23/h4-5,10-11,23H,6-9H2,1-3H3,(H,20,21,22). The zero-order valence-electron chi connectivity index (χ0n) is 14.8. The Bertz CT molecular complexity index is 876. The highest BCUT2D eigenvalue weighted by molar-refractivity contribution is 7.19. The minimum atomic E-state index is 0.0401. The Morgan fingerprint density at radius 2 is 1.96 bits per heavy atom. The molecule has 0 spiro atoms. The van der Waals surface area contributed by atoms with Gasteiger partial charge in [-0.15, -0.1) is 11.3 Å². The summed E-state index contributed by atoms with van der Waals surface area (Å²) in [5.41, 5.74) is 4.96. The fourth-order valence-corrected chi connectivity index (χ4v) is 3.84. The first-order valence-corrected chi connectivity index (χ1v) is 9.17. The third-order valence-corrected chi connectivity index (χ3v) is 5.25. The van der Waals surface area contributed by atoms with E-state index in [9.17, 15) is 0 Å². The molecule has 25 heavy (non-hydrogen) atoms. The summed E-state index contributed by atoms with van der Waals surface area (Å²) in [4.78, 5) is 11.1. The third-order valence-electron chi connectivity index (χ3n) is 4.23. The SMILES string of the molecule is Cc1ccc(-c2c(C)sc3ncnc(NCCOCCO)c23)cc1C. The first kappa shape index (κ1) is 17.8. The van der Waals surface area contributed by atoms with Gasteiger partial charge in [-0.3, -0.25) is 0 Å². The minimum Gasteiger partial charge on any atom is -0.394 e. The Hall–Kier alpha value is -2.02. The molecule has 0 unspecified atom stereocenters. The van der Waals surface area contributed by atoms with Crippen molar-refractivity contribution in [2.24, 2.45) is 0 Å². The van der Waals surface area contributed by atoms with E-state index in [-0.39, 0.29) is 6.61 Å². The minimum absolute atomic E-state index is 0.0401. The topological polar surface area (TPSA) is 67.3 Å². The maximum Gasteiger partial charge on any atom is 0.138 e. The van der Waals surface area contributed by atoms with E-state index in [2.05, 4.69) is 54.3 Å². The number of hydrogen-bond acceptors (Lipinski definition) is 6. The summed E-state index contributed by atoms with van der Waals surface area (Å²) in [7, 11) is 0. The van der Waals surface area contributed by atoms with E-state index in [0.717, 1.165) is 16.0 Å². The van der Waals surface area contributed by atoms with Crippen molar-refractivity contribution in [3.8, 4) is 11.1 Å². The van der Waals surface area contributed by atoms with Gasteiger partial charge in [0.25, 0.3) is 0 Å². The molecule has 3 rings (SSSR count). The molecule has 0 aliphatic carbocycles. The van der Waals surface area contributed by atoms with Gasteiger partial charge in [-0.1, -0.05) is 18.2 Å². The van der Waals surface area contributed by atoms with Gasteiger partial charge in [0.05, 0.1) is 25.2 Å². The molecular weight excluding hydrogens is 334 g/mol. The molecule has 0 aliphatic heterocycles. The number of ether oxygens (including phenoxy) is 1. The van der Waals surface area contributed by atoms with Crippen molar-refractivity contribution in [2.75, 3.05) is 31.7 Å². The summed E-state index contributed by atoms with van der Waals surface area (Å²) in [6.07, 6.45) is 1.60. The van der Waals surface area contributed by atoms with Gasteiger partial charge in [0.2, 0.25) is 0 Å². The smallest absolute Gasteiger partial charge is 0.138 e. The normalized spacial score (nSPS) is 11.2. The molecule has 0 radical (unpaired) electrons. The van der Waals surface area contributed by atoms with Crippen LogP contribution in [0.4, 0.5) is 5.82 Å². The van der Waals surface area contributed by atoms with Crippen molar-refractivity contribution in [1.29, 1.82) is 0 Å². The predicted molar refractivity (Wildman–Crippen MR) is 103 cm³/mol. The van der Waals surface area contributed by atoms with Crippen molar-refractivity contribution >= 4 is 27.4 Å². The molecule has 0 amide bonds. The molecule has 0 saturated heterocycles. The second-order valence-electron chi connectivity index (χ2n) is 6.00. The van der Waals surface area contributed by atoms with Gasteiger partial charge in [0.15, 0.2) is 0 Å². The van der Waals surface area contributed by atoms with Crippen molar-refractivity contribution < 1.29 is 9.84 Å². The molecule has 0 atom stereocenters. The van der Waals surface area contributed by atoms with E-state index >= 15 is 0 Å². The van der Waals surface area contributed by atoms with E-state index in [1.54, 1.807) is 17.7 Å². The summed E-state index contributed by atoms with van der Waals surface area (Å²) in [5, 5.41) is 13.2. The van der Waals surface area contributed by atoms with Crippen LogP contribution in [0.3, 0.4) is 0 Å². The fourth-order valence-electron chi connectivity index (χ4n) is 2.83. The van der Waals surface area contributed by atoms with Crippen LogP contribution < -0.4 is 5.32 Å². The van der Waals surface area contributed by atoms with Crippen LogP contribution in [0.15, 0.2) is 24.5 Å². The number of aliphatic hydroxyl groups is 1. The molecule has 0 saturated carbocycles. The van der Waals surface area contributed by atoms with E-state index in [0.29, 0.717) is 19.8 Å². The lowest BCUT2D eigenvalue weighted by Crippen LogP contribution is -2.12. The van der Waals surface area contributed by atoms with Crippen LogP contribution in [0.5, 0.6) is 0 Å². The molecule has 0 aliphatic rings. The molecule has 0 bridgehead atoms. The molecule has 2 N–H and O–H groups in total. The van der Waals surface area contributed by atoms with Crippen molar-refractivity contribution in [2.45, 2.75) is 20.8 Å². The van der Waals surface area contributed by atoms with E-state index in [1.807, 2.05) is 0 Å². The zero-order valence-corrected chi connectivity index (χ0v) is 15.6. The first-order chi connectivity index (χ1) is 12.1. The molecular formula is C19H23N3O2S. The molecule has 132 valence electrons. The Labute approximate surface area is 151 Å². The van der Waals surface area contributed by atoms with Crippen LogP contribution in [0, 0.1) is 20.8 Å². The van der Waals surface area contributed by atoms with Crippen LogP contribution in [-0.4, -0.2) is 41.4 Å². The van der Waals surface area contributed by atoms with Gasteiger partial charge < -0.3 is 15.2 Å². The number of nitrogens with zero attached hydrogens (tertiary/aromatic N) is 2. The Balaban J connectivity index is 1.97. The number of thiophene rings is 1. The van der Waals surface area contributed by atoms with Gasteiger partial charge in [0, 0.05) is 17.0 Å². The molecule has 0 fully saturated rings. The number of fused-ring (bicyclic) bond motifs is 1. The summed E-state index contributed by atoms with van der Waals surface area (Å²) < 4.78 is 5.31. The number of anilines is 1. The van der Waals surface area contributed by atoms with E-state index in [1.165, 1.54) is 27.1 Å². The maximum atomic E-state index is 8.77. The van der Waals surface area contributed by atoms with Gasteiger partial charge in [0.1, 0.15) is 17.0 Å². The molecule has 5 nitrogen and oxygen atoms in total. The Morgan fingerprint density at radius 1 is 1.12 bits per heavy atom. The zero-order chi connectivity index (χ0) is 17.8. The summed E-state index contributed by atoms with van der Waals surface area (Å²) in [5.74, 6) is 0.829. The fraction of sp³-hybridized carbons (Fsp3) is 0.368. The number of hydrogen-bond donors (Lipinski definition) is 2.